The number of Topliss-reactive ketones (excluding diaryl/α,β-unsaturated/α-hetero) is 1. The lowest BCUT2D eigenvalue weighted by molar-refractivity contribution is -0.119. The maximum absolute atomic E-state index is 11.2. The normalized spacial score (nSPS) is 15.8. The van der Waals surface area contributed by atoms with Crippen LogP contribution in [0.1, 0.15) is 18.6 Å². The van der Waals surface area contributed by atoms with Gasteiger partial charge in [-0.05, 0) is 19.1 Å². The number of anilines is 1. The van der Waals surface area contributed by atoms with Crippen LogP contribution < -0.4 is 4.90 Å². The molecule has 1 aliphatic heterocycles. The van der Waals surface area contributed by atoms with Gasteiger partial charge in [0.2, 0.25) is 5.95 Å². The predicted molar refractivity (Wildman–Crippen MR) is 70.9 cm³/mol. The fourth-order valence-corrected chi connectivity index (χ4v) is 2.16. The monoisotopic (exact) mass is 257 g/mol. The highest BCUT2D eigenvalue weighted by atomic mass is 16.3. The van der Waals surface area contributed by atoms with Crippen LogP contribution >= 0.6 is 0 Å². The van der Waals surface area contributed by atoms with Crippen molar-refractivity contribution in [1.82, 2.24) is 9.97 Å². The molecule has 0 atom stereocenters. The van der Waals surface area contributed by atoms with E-state index in [-0.39, 0.29) is 0 Å². The van der Waals surface area contributed by atoms with Crippen molar-refractivity contribution in [2.24, 2.45) is 0 Å². The molecule has 2 aromatic rings. The molecule has 0 aromatic carbocycles. The summed E-state index contributed by atoms with van der Waals surface area (Å²) in [4.78, 5) is 22.0. The summed E-state index contributed by atoms with van der Waals surface area (Å²) in [6.07, 6.45) is 4.69. The molecule has 0 saturated carbocycles. The summed E-state index contributed by atoms with van der Waals surface area (Å²) >= 11 is 0. The van der Waals surface area contributed by atoms with Crippen molar-refractivity contribution in [3.05, 3.63) is 30.3 Å². The minimum Gasteiger partial charge on any atom is -0.461 e. The van der Waals surface area contributed by atoms with Crippen molar-refractivity contribution < 1.29 is 9.21 Å². The molecule has 19 heavy (non-hydrogen) atoms. The molecule has 0 aliphatic carbocycles. The van der Waals surface area contributed by atoms with E-state index in [4.69, 9.17) is 4.42 Å². The molecule has 0 N–H and O–H groups in total. The number of aromatic nitrogens is 2. The molecule has 1 aliphatic rings. The lowest BCUT2D eigenvalue weighted by Gasteiger charge is -2.25. The fourth-order valence-electron chi connectivity index (χ4n) is 2.16. The number of hydrogen-bond donors (Lipinski definition) is 0. The number of rotatable bonds is 2. The molecule has 0 bridgehead atoms. The number of piperidine rings is 1. The molecule has 0 amide bonds. The Morgan fingerprint density at radius 1 is 1.16 bits per heavy atom. The Labute approximate surface area is 111 Å². The van der Waals surface area contributed by atoms with Crippen LogP contribution in [0.5, 0.6) is 0 Å². The van der Waals surface area contributed by atoms with Crippen molar-refractivity contribution in [3.8, 4) is 11.3 Å². The predicted octanol–water partition coefficient (Wildman–Crippen LogP) is 2.21. The molecular formula is C14H15N3O2. The lowest BCUT2D eigenvalue weighted by Crippen LogP contribution is -2.34. The largest absolute Gasteiger partial charge is 0.461 e. The maximum Gasteiger partial charge on any atom is 0.225 e. The zero-order valence-corrected chi connectivity index (χ0v) is 10.8. The summed E-state index contributed by atoms with van der Waals surface area (Å²) in [6, 6.07) is 3.83. The Kier molecular flexibility index (Phi) is 3.03. The third kappa shape index (κ3) is 2.50. The zero-order valence-electron chi connectivity index (χ0n) is 10.8. The lowest BCUT2D eigenvalue weighted by atomic mass is 10.1. The van der Waals surface area contributed by atoms with Gasteiger partial charge >= 0.3 is 0 Å². The van der Waals surface area contributed by atoms with Gasteiger partial charge in [0.05, 0.1) is 5.56 Å². The van der Waals surface area contributed by atoms with Gasteiger partial charge in [0.15, 0.2) is 0 Å². The maximum atomic E-state index is 11.2. The van der Waals surface area contributed by atoms with Gasteiger partial charge in [0.1, 0.15) is 17.3 Å². The second-order valence-electron chi connectivity index (χ2n) is 4.71. The molecule has 0 unspecified atom stereocenters. The Hall–Kier alpha value is -2.17. The van der Waals surface area contributed by atoms with E-state index in [0.717, 1.165) is 17.1 Å². The van der Waals surface area contributed by atoms with E-state index in [2.05, 4.69) is 9.97 Å². The van der Waals surface area contributed by atoms with Crippen molar-refractivity contribution in [2.75, 3.05) is 18.0 Å². The molecule has 0 spiro atoms. The fraction of sp³-hybridized carbons (Fsp3) is 0.357. The quantitative estimate of drug-likeness (QED) is 0.825. The number of aryl methyl sites for hydroxylation is 1. The van der Waals surface area contributed by atoms with Crippen LogP contribution in [0.25, 0.3) is 11.3 Å². The van der Waals surface area contributed by atoms with E-state index in [1.54, 1.807) is 12.4 Å². The van der Waals surface area contributed by atoms with Gasteiger partial charge in [-0.3, -0.25) is 4.79 Å². The smallest absolute Gasteiger partial charge is 0.225 e. The Bertz CT molecular complexity index is 579. The average molecular weight is 257 g/mol. The van der Waals surface area contributed by atoms with Gasteiger partial charge in [0, 0.05) is 38.3 Å². The van der Waals surface area contributed by atoms with Crippen LogP contribution in [-0.4, -0.2) is 28.8 Å². The first-order chi connectivity index (χ1) is 9.22. The number of furan rings is 1. The summed E-state index contributed by atoms with van der Waals surface area (Å²) in [5, 5.41) is 0. The second kappa shape index (κ2) is 4.84. The highest BCUT2D eigenvalue weighted by Gasteiger charge is 2.18. The van der Waals surface area contributed by atoms with Gasteiger partial charge in [-0.25, -0.2) is 9.97 Å². The average Bonchev–Trinajstić information content (AvgIpc) is 2.87. The Balaban J connectivity index is 1.77. The van der Waals surface area contributed by atoms with Gasteiger partial charge in [-0.15, -0.1) is 0 Å². The molecule has 1 fully saturated rings. The van der Waals surface area contributed by atoms with E-state index in [0.29, 0.717) is 37.7 Å². The van der Waals surface area contributed by atoms with Crippen LogP contribution in [0.15, 0.2) is 28.9 Å². The highest BCUT2D eigenvalue weighted by molar-refractivity contribution is 5.80. The standard InChI is InChI=1S/C14H15N3O2/c1-10-2-3-13(19-10)11-8-15-14(16-9-11)17-6-4-12(18)5-7-17/h2-3,8-9H,4-7H2,1H3. The molecular weight excluding hydrogens is 242 g/mol. The molecule has 98 valence electrons. The first kappa shape index (κ1) is 11.9. The third-order valence-corrected chi connectivity index (χ3v) is 3.27. The van der Waals surface area contributed by atoms with E-state index in [9.17, 15) is 4.79 Å². The van der Waals surface area contributed by atoms with Gasteiger partial charge in [0.25, 0.3) is 0 Å². The molecule has 2 aromatic heterocycles. The third-order valence-electron chi connectivity index (χ3n) is 3.27. The summed E-state index contributed by atoms with van der Waals surface area (Å²) in [5.41, 5.74) is 0.866. The van der Waals surface area contributed by atoms with Crippen LogP contribution in [-0.2, 0) is 4.79 Å². The molecule has 3 rings (SSSR count). The van der Waals surface area contributed by atoms with E-state index < -0.39 is 0 Å². The molecule has 5 heteroatoms. The van der Waals surface area contributed by atoms with Crippen LogP contribution in [0.3, 0.4) is 0 Å². The van der Waals surface area contributed by atoms with Crippen molar-refractivity contribution >= 4 is 11.7 Å². The molecule has 0 radical (unpaired) electrons. The van der Waals surface area contributed by atoms with Crippen molar-refractivity contribution in [3.63, 3.8) is 0 Å². The number of carbonyl (C=O) groups is 1. The van der Waals surface area contributed by atoms with Gasteiger partial charge in [-0.2, -0.15) is 0 Å². The summed E-state index contributed by atoms with van der Waals surface area (Å²) in [6.45, 7) is 3.32. The summed E-state index contributed by atoms with van der Waals surface area (Å²) in [7, 11) is 0. The number of hydrogen-bond acceptors (Lipinski definition) is 5. The Morgan fingerprint density at radius 3 is 2.42 bits per heavy atom. The molecule has 3 heterocycles. The zero-order chi connectivity index (χ0) is 13.2. The van der Waals surface area contributed by atoms with Crippen molar-refractivity contribution in [2.45, 2.75) is 19.8 Å². The topological polar surface area (TPSA) is 59.2 Å². The number of carbonyl (C=O) groups excluding carboxylic acids is 1. The molecule has 5 nitrogen and oxygen atoms in total. The van der Waals surface area contributed by atoms with E-state index in [1.165, 1.54) is 0 Å². The minimum atomic E-state index is 0.318. The van der Waals surface area contributed by atoms with Crippen LogP contribution in [0.4, 0.5) is 5.95 Å². The first-order valence-electron chi connectivity index (χ1n) is 6.38. The van der Waals surface area contributed by atoms with E-state index >= 15 is 0 Å². The highest BCUT2D eigenvalue weighted by Crippen LogP contribution is 2.22. The van der Waals surface area contributed by atoms with Crippen LogP contribution in [0.2, 0.25) is 0 Å². The SMILES string of the molecule is Cc1ccc(-c2cnc(N3CCC(=O)CC3)nc2)o1. The van der Waals surface area contributed by atoms with Crippen LogP contribution in [0, 0.1) is 6.92 Å². The second-order valence-corrected chi connectivity index (χ2v) is 4.71. The van der Waals surface area contributed by atoms with E-state index in [1.807, 2.05) is 24.0 Å². The van der Waals surface area contributed by atoms with Crippen molar-refractivity contribution in [1.29, 1.82) is 0 Å². The summed E-state index contributed by atoms with van der Waals surface area (Å²) in [5.74, 6) is 2.64. The minimum absolute atomic E-state index is 0.318. The Morgan fingerprint density at radius 2 is 1.84 bits per heavy atom. The first-order valence-corrected chi connectivity index (χ1v) is 6.38. The molecule has 1 saturated heterocycles. The number of ketones is 1. The summed E-state index contributed by atoms with van der Waals surface area (Å²) < 4.78 is 5.53. The van der Waals surface area contributed by atoms with Gasteiger partial charge in [-0.1, -0.05) is 0 Å². The number of nitrogens with zero attached hydrogens (tertiary/aromatic N) is 3. The van der Waals surface area contributed by atoms with Gasteiger partial charge < -0.3 is 9.32 Å².